The number of aromatic nitrogens is 1. The Labute approximate surface area is 159 Å². The molecule has 4 fully saturated rings. The molecule has 4 heterocycles. The van der Waals surface area contributed by atoms with Gasteiger partial charge in [-0.05, 0) is 37.5 Å². The van der Waals surface area contributed by atoms with E-state index in [1.165, 1.54) is 54.2 Å². The number of fused-ring (bicyclic) bond motifs is 3. The Balaban J connectivity index is 1.19. The Kier molecular flexibility index (Phi) is 3.47. The molecule has 3 unspecified atom stereocenters. The summed E-state index contributed by atoms with van der Waals surface area (Å²) in [6.45, 7) is 3.86. The summed E-state index contributed by atoms with van der Waals surface area (Å²) in [5, 5.41) is 4.78. The molecule has 1 N–H and O–H groups in total. The number of rotatable bonds is 2. The smallest absolute Gasteiger partial charge is 0.226 e. The molecule has 1 spiro atoms. The van der Waals surface area contributed by atoms with Crippen LogP contribution < -0.4 is 10.2 Å². The molecule has 2 saturated carbocycles. The van der Waals surface area contributed by atoms with Crippen LogP contribution in [0.1, 0.15) is 55.5 Å². The molecule has 1 amide bonds. The lowest BCUT2D eigenvalue weighted by Crippen LogP contribution is -2.51. The maximum absolute atomic E-state index is 13.0. The van der Waals surface area contributed by atoms with Crippen molar-refractivity contribution >= 4 is 22.4 Å². The first-order chi connectivity index (χ1) is 12.7. The Morgan fingerprint density at radius 1 is 1.19 bits per heavy atom. The van der Waals surface area contributed by atoms with Gasteiger partial charge in [-0.3, -0.25) is 4.79 Å². The summed E-state index contributed by atoms with van der Waals surface area (Å²) in [6.07, 6.45) is 9.93. The first-order valence-electron chi connectivity index (χ1n) is 10.5. The van der Waals surface area contributed by atoms with E-state index in [0.29, 0.717) is 29.3 Å². The summed E-state index contributed by atoms with van der Waals surface area (Å²) < 4.78 is 0. The van der Waals surface area contributed by atoms with Crippen LogP contribution in [0.3, 0.4) is 0 Å². The minimum atomic E-state index is 0.336. The highest BCUT2D eigenvalue weighted by Gasteiger charge is 2.59. The van der Waals surface area contributed by atoms with Gasteiger partial charge < -0.3 is 15.1 Å². The van der Waals surface area contributed by atoms with Gasteiger partial charge in [-0.25, -0.2) is 4.98 Å². The topological polar surface area (TPSA) is 48.5 Å². The largest absolute Gasteiger partial charge is 0.340 e. The lowest BCUT2D eigenvalue weighted by Gasteiger charge is -2.35. The molecule has 2 saturated heterocycles. The monoisotopic (exact) mass is 372 g/mol. The van der Waals surface area contributed by atoms with Gasteiger partial charge in [-0.1, -0.05) is 24.2 Å². The molecule has 3 aliphatic heterocycles. The molecule has 5 nitrogen and oxygen atoms in total. The first kappa shape index (κ1) is 15.9. The number of amides is 1. The number of hydrogen-bond acceptors (Lipinski definition) is 5. The fourth-order valence-electron chi connectivity index (χ4n) is 6.12. The van der Waals surface area contributed by atoms with E-state index in [4.69, 9.17) is 4.98 Å². The van der Waals surface area contributed by atoms with Crippen molar-refractivity contribution in [1.29, 1.82) is 0 Å². The Morgan fingerprint density at radius 3 is 2.73 bits per heavy atom. The molecule has 140 valence electrons. The minimum absolute atomic E-state index is 0.336. The molecular weight excluding hydrogens is 344 g/mol. The lowest BCUT2D eigenvalue weighted by atomic mass is 10.0. The molecule has 1 aromatic rings. The van der Waals surface area contributed by atoms with Gasteiger partial charge in [-0.15, -0.1) is 0 Å². The van der Waals surface area contributed by atoms with Crippen LogP contribution in [0.4, 0.5) is 5.13 Å². The molecule has 6 rings (SSSR count). The normalized spacial score (nSPS) is 34.4. The lowest BCUT2D eigenvalue weighted by molar-refractivity contribution is -0.134. The molecule has 26 heavy (non-hydrogen) atoms. The van der Waals surface area contributed by atoms with Gasteiger partial charge >= 0.3 is 0 Å². The minimum Gasteiger partial charge on any atom is -0.340 e. The van der Waals surface area contributed by atoms with Gasteiger partial charge in [0.2, 0.25) is 5.91 Å². The maximum atomic E-state index is 13.0. The van der Waals surface area contributed by atoms with Gasteiger partial charge in [0.25, 0.3) is 0 Å². The zero-order valence-corrected chi connectivity index (χ0v) is 16.2. The SMILES string of the molecule is O=C(C1CC12CCCC2)N1CCc2nc(N3C4CCC3CNC4)sc2C1. The van der Waals surface area contributed by atoms with Crippen LogP contribution in [0.5, 0.6) is 0 Å². The molecule has 2 bridgehead atoms. The van der Waals surface area contributed by atoms with Crippen LogP contribution in [-0.4, -0.2) is 47.5 Å². The zero-order chi connectivity index (χ0) is 17.3. The fourth-order valence-corrected chi connectivity index (χ4v) is 7.39. The third kappa shape index (κ3) is 2.30. The Hall–Kier alpha value is -1.14. The first-order valence-corrected chi connectivity index (χ1v) is 11.3. The van der Waals surface area contributed by atoms with Gasteiger partial charge in [-0.2, -0.15) is 0 Å². The van der Waals surface area contributed by atoms with E-state index in [1.807, 2.05) is 11.3 Å². The van der Waals surface area contributed by atoms with E-state index in [-0.39, 0.29) is 0 Å². The average molecular weight is 373 g/mol. The summed E-state index contributed by atoms with van der Waals surface area (Å²) in [4.78, 5) is 24.1. The van der Waals surface area contributed by atoms with E-state index in [9.17, 15) is 4.79 Å². The Bertz CT molecular complexity index is 724. The summed E-state index contributed by atoms with van der Waals surface area (Å²) in [5.74, 6) is 0.776. The average Bonchev–Trinajstić information content (AvgIpc) is 2.94. The van der Waals surface area contributed by atoms with Gasteiger partial charge in [0.15, 0.2) is 5.13 Å². The summed E-state index contributed by atoms with van der Waals surface area (Å²) >= 11 is 1.86. The zero-order valence-electron chi connectivity index (χ0n) is 15.4. The number of nitrogens with zero attached hydrogens (tertiary/aromatic N) is 3. The molecule has 0 aromatic carbocycles. The molecule has 3 atom stereocenters. The number of carbonyl (C=O) groups is 1. The number of carbonyl (C=O) groups excluding carboxylic acids is 1. The number of anilines is 1. The summed E-state index contributed by atoms with van der Waals surface area (Å²) in [7, 11) is 0. The van der Waals surface area contributed by atoms with Crippen molar-refractivity contribution in [3.8, 4) is 0 Å². The summed E-state index contributed by atoms with van der Waals surface area (Å²) in [5.41, 5.74) is 1.68. The second-order valence-electron chi connectivity index (χ2n) is 9.15. The van der Waals surface area contributed by atoms with Crippen molar-refractivity contribution in [2.45, 2.75) is 70.0 Å². The number of piperazine rings is 1. The third-order valence-corrected chi connectivity index (χ3v) is 8.82. The molecular formula is C20H28N4OS. The standard InChI is InChI=1S/C20H28N4OS/c25-18(15-9-20(15)6-1-2-7-20)23-8-5-16-17(12-23)26-19(22-16)24-13-3-4-14(24)11-21-10-13/h13-15,21H,1-12H2. The van der Waals surface area contributed by atoms with E-state index in [0.717, 1.165) is 39.0 Å². The van der Waals surface area contributed by atoms with Crippen molar-refractivity contribution in [2.75, 3.05) is 24.5 Å². The van der Waals surface area contributed by atoms with Crippen LogP contribution in [0.15, 0.2) is 0 Å². The predicted molar refractivity (Wildman–Crippen MR) is 102 cm³/mol. The van der Waals surface area contributed by atoms with Crippen molar-refractivity contribution in [3.63, 3.8) is 0 Å². The molecule has 6 heteroatoms. The highest BCUT2D eigenvalue weighted by molar-refractivity contribution is 7.15. The molecule has 1 aromatic heterocycles. The van der Waals surface area contributed by atoms with Crippen LogP contribution in [0, 0.1) is 11.3 Å². The quantitative estimate of drug-likeness (QED) is 0.867. The van der Waals surface area contributed by atoms with Gasteiger partial charge in [0.05, 0.1) is 12.2 Å². The van der Waals surface area contributed by atoms with E-state index < -0.39 is 0 Å². The van der Waals surface area contributed by atoms with Crippen molar-refractivity contribution < 1.29 is 4.79 Å². The van der Waals surface area contributed by atoms with Crippen molar-refractivity contribution in [3.05, 3.63) is 10.6 Å². The van der Waals surface area contributed by atoms with Crippen LogP contribution in [0.2, 0.25) is 0 Å². The highest BCUT2D eigenvalue weighted by atomic mass is 32.1. The second-order valence-corrected chi connectivity index (χ2v) is 10.2. The summed E-state index contributed by atoms with van der Waals surface area (Å²) in [6, 6.07) is 1.24. The van der Waals surface area contributed by atoms with Crippen LogP contribution in [-0.2, 0) is 17.8 Å². The fraction of sp³-hybridized carbons (Fsp3) is 0.800. The van der Waals surface area contributed by atoms with Crippen molar-refractivity contribution in [2.24, 2.45) is 11.3 Å². The number of thiazole rings is 1. The van der Waals surface area contributed by atoms with Crippen LogP contribution >= 0.6 is 11.3 Å². The Morgan fingerprint density at radius 2 is 1.96 bits per heavy atom. The molecule has 5 aliphatic rings. The third-order valence-electron chi connectivity index (χ3n) is 7.72. The van der Waals surface area contributed by atoms with Gasteiger partial charge in [0, 0.05) is 48.9 Å². The van der Waals surface area contributed by atoms with E-state index >= 15 is 0 Å². The number of nitrogens with one attached hydrogen (secondary N) is 1. The maximum Gasteiger partial charge on any atom is 0.226 e. The predicted octanol–water partition coefficient (Wildman–Crippen LogP) is 2.55. The second kappa shape index (κ2) is 5.68. The van der Waals surface area contributed by atoms with Gasteiger partial charge in [0.1, 0.15) is 0 Å². The van der Waals surface area contributed by atoms with Crippen LogP contribution in [0.25, 0.3) is 0 Å². The van der Waals surface area contributed by atoms with Crippen molar-refractivity contribution in [1.82, 2.24) is 15.2 Å². The van der Waals surface area contributed by atoms with E-state index in [1.54, 1.807) is 0 Å². The highest BCUT2D eigenvalue weighted by Crippen LogP contribution is 2.63. The number of hydrogen-bond donors (Lipinski definition) is 1. The molecule has 0 radical (unpaired) electrons. The van der Waals surface area contributed by atoms with E-state index in [2.05, 4.69) is 15.1 Å². The molecule has 2 aliphatic carbocycles.